The van der Waals surface area contributed by atoms with Gasteiger partial charge in [0.15, 0.2) is 0 Å². The molecule has 2 fully saturated rings. The number of nitrogens with zero attached hydrogens (tertiary/aromatic N) is 3. The van der Waals surface area contributed by atoms with Gasteiger partial charge in [0.1, 0.15) is 0 Å². The van der Waals surface area contributed by atoms with E-state index in [-0.39, 0.29) is 0 Å². The zero-order chi connectivity index (χ0) is 12.9. The van der Waals surface area contributed by atoms with Crippen molar-refractivity contribution in [2.24, 2.45) is 0 Å². The maximum Gasteiger partial charge on any atom is 0.0945 e. The van der Waals surface area contributed by atoms with Gasteiger partial charge in [-0.1, -0.05) is 6.42 Å². The van der Waals surface area contributed by atoms with Crippen LogP contribution in [0.5, 0.6) is 0 Å². The maximum absolute atomic E-state index is 4.10. The smallest absolute Gasteiger partial charge is 0.0945 e. The maximum atomic E-state index is 4.10. The Kier molecular flexibility index (Phi) is 4.51. The highest BCUT2D eigenvalue weighted by Crippen LogP contribution is 2.27. The Morgan fingerprint density at radius 1 is 1.26 bits per heavy atom. The minimum Gasteiger partial charge on any atom is -0.337 e. The Morgan fingerprint density at radius 2 is 2.21 bits per heavy atom. The molecule has 1 aromatic heterocycles. The lowest BCUT2D eigenvalue weighted by Crippen LogP contribution is -2.44. The van der Waals surface area contributed by atoms with Gasteiger partial charge in [-0.3, -0.25) is 4.90 Å². The highest BCUT2D eigenvalue weighted by atomic mass is 15.2. The van der Waals surface area contributed by atoms with Gasteiger partial charge in [0.25, 0.3) is 0 Å². The predicted molar refractivity (Wildman–Crippen MR) is 77.1 cm³/mol. The van der Waals surface area contributed by atoms with Crippen molar-refractivity contribution in [1.82, 2.24) is 19.8 Å². The summed E-state index contributed by atoms with van der Waals surface area (Å²) >= 11 is 0. The first-order valence-electron chi connectivity index (χ1n) is 7.85. The van der Waals surface area contributed by atoms with Gasteiger partial charge >= 0.3 is 0 Å². The molecule has 0 amide bonds. The fourth-order valence-electron chi connectivity index (χ4n) is 3.10. The molecule has 0 radical (unpaired) electrons. The molecule has 0 bridgehead atoms. The molecule has 4 nitrogen and oxygen atoms in total. The third-order valence-electron chi connectivity index (χ3n) is 4.35. The molecule has 0 aromatic carbocycles. The number of rotatable bonds is 7. The minimum absolute atomic E-state index is 0.739. The van der Waals surface area contributed by atoms with E-state index in [0.29, 0.717) is 0 Å². The van der Waals surface area contributed by atoms with Crippen LogP contribution in [-0.4, -0.2) is 46.2 Å². The molecule has 1 aromatic rings. The van der Waals surface area contributed by atoms with Crippen molar-refractivity contribution >= 4 is 0 Å². The summed E-state index contributed by atoms with van der Waals surface area (Å²) in [5.41, 5.74) is 0. The van der Waals surface area contributed by atoms with Gasteiger partial charge in [-0.05, 0) is 38.6 Å². The topological polar surface area (TPSA) is 33.1 Å². The van der Waals surface area contributed by atoms with Crippen LogP contribution in [0.4, 0.5) is 0 Å². The zero-order valence-corrected chi connectivity index (χ0v) is 11.8. The van der Waals surface area contributed by atoms with Gasteiger partial charge in [-0.2, -0.15) is 0 Å². The van der Waals surface area contributed by atoms with Crippen molar-refractivity contribution in [3.63, 3.8) is 0 Å². The SMILES string of the molecule is c1cn(CCCN(CC2CCCCN2)C2CC2)cn1. The van der Waals surface area contributed by atoms with Crippen LogP contribution >= 0.6 is 0 Å². The Labute approximate surface area is 116 Å². The first-order chi connectivity index (χ1) is 9.42. The van der Waals surface area contributed by atoms with Crippen molar-refractivity contribution in [2.45, 2.75) is 57.2 Å². The molecule has 1 aliphatic heterocycles. The van der Waals surface area contributed by atoms with Crippen LogP contribution in [0.25, 0.3) is 0 Å². The molecule has 3 rings (SSSR count). The number of hydrogen-bond donors (Lipinski definition) is 1. The normalized spacial score (nSPS) is 23.9. The molecule has 19 heavy (non-hydrogen) atoms. The minimum atomic E-state index is 0.739. The molecule has 0 spiro atoms. The summed E-state index contributed by atoms with van der Waals surface area (Å²) in [6.07, 6.45) is 14.0. The standard InChI is InChI=1S/C15H26N4/c1-2-7-17-14(4-1)12-19(15-5-6-15)10-3-9-18-11-8-16-13-18/h8,11,13-15,17H,1-7,9-10,12H2. The summed E-state index contributed by atoms with van der Waals surface area (Å²) in [5, 5.41) is 3.68. The number of imidazole rings is 1. The van der Waals surface area contributed by atoms with Crippen molar-refractivity contribution < 1.29 is 0 Å². The first kappa shape index (κ1) is 13.1. The summed E-state index contributed by atoms with van der Waals surface area (Å²) in [7, 11) is 0. The summed E-state index contributed by atoms with van der Waals surface area (Å²) < 4.78 is 2.18. The second-order valence-electron chi connectivity index (χ2n) is 6.03. The van der Waals surface area contributed by atoms with Crippen LogP contribution in [0, 0.1) is 0 Å². The average Bonchev–Trinajstić information content (AvgIpc) is 3.16. The first-order valence-corrected chi connectivity index (χ1v) is 7.85. The monoisotopic (exact) mass is 262 g/mol. The molecule has 1 N–H and O–H groups in total. The Morgan fingerprint density at radius 3 is 2.89 bits per heavy atom. The molecular formula is C15H26N4. The summed E-state index contributed by atoms with van der Waals surface area (Å²) in [6, 6.07) is 1.62. The molecule has 1 unspecified atom stereocenters. The van der Waals surface area contributed by atoms with E-state index < -0.39 is 0 Å². The average molecular weight is 262 g/mol. The Balaban J connectivity index is 1.42. The molecule has 1 aliphatic carbocycles. The molecule has 4 heteroatoms. The highest BCUT2D eigenvalue weighted by molar-refractivity contribution is 4.88. The fourth-order valence-corrected chi connectivity index (χ4v) is 3.10. The molecule has 2 aliphatic rings. The lowest BCUT2D eigenvalue weighted by atomic mass is 10.0. The largest absolute Gasteiger partial charge is 0.337 e. The van der Waals surface area contributed by atoms with E-state index in [9.17, 15) is 0 Å². The second-order valence-corrected chi connectivity index (χ2v) is 6.03. The third kappa shape index (κ3) is 4.05. The molecular weight excluding hydrogens is 236 g/mol. The number of nitrogens with one attached hydrogen (secondary N) is 1. The van der Waals surface area contributed by atoms with E-state index in [1.807, 2.05) is 12.5 Å². The van der Waals surface area contributed by atoms with Gasteiger partial charge in [0.05, 0.1) is 6.33 Å². The quantitative estimate of drug-likeness (QED) is 0.814. The number of aromatic nitrogens is 2. The van der Waals surface area contributed by atoms with Gasteiger partial charge < -0.3 is 9.88 Å². The molecule has 1 atom stereocenters. The summed E-state index contributed by atoms with van der Waals surface area (Å²) in [4.78, 5) is 6.82. The Hall–Kier alpha value is -0.870. The van der Waals surface area contributed by atoms with Gasteiger partial charge in [-0.25, -0.2) is 4.98 Å². The van der Waals surface area contributed by atoms with Crippen LogP contribution in [-0.2, 0) is 6.54 Å². The number of aryl methyl sites for hydroxylation is 1. The fraction of sp³-hybridized carbons (Fsp3) is 0.800. The van der Waals surface area contributed by atoms with Crippen LogP contribution in [0.1, 0.15) is 38.5 Å². The van der Waals surface area contributed by atoms with Crippen LogP contribution in [0.15, 0.2) is 18.7 Å². The molecule has 1 saturated carbocycles. The van der Waals surface area contributed by atoms with Crippen molar-refractivity contribution in [2.75, 3.05) is 19.6 Å². The molecule has 1 saturated heterocycles. The number of piperidine rings is 1. The third-order valence-corrected chi connectivity index (χ3v) is 4.35. The van der Waals surface area contributed by atoms with E-state index in [4.69, 9.17) is 0 Å². The summed E-state index contributed by atoms with van der Waals surface area (Å²) in [6.45, 7) is 4.81. The number of hydrogen-bond acceptors (Lipinski definition) is 3. The van der Waals surface area contributed by atoms with Gasteiger partial charge in [-0.15, -0.1) is 0 Å². The van der Waals surface area contributed by atoms with Crippen LogP contribution < -0.4 is 5.32 Å². The van der Waals surface area contributed by atoms with E-state index in [1.165, 1.54) is 58.2 Å². The van der Waals surface area contributed by atoms with Crippen molar-refractivity contribution in [3.05, 3.63) is 18.7 Å². The summed E-state index contributed by atoms with van der Waals surface area (Å²) in [5.74, 6) is 0. The molecule has 106 valence electrons. The lowest BCUT2D eigenvalue weighted by Gasteiger charge is -2.30. The lowest BCUT2D eigenvalue weighted by molar-refractivity contribution is 0.210. The predicted octanol–water partition coefficient (Wildman–Crippen LogP) is 1.88. The van der Waals surface area contributed by atoms with Crippen molar-refractivity contribution in [3.8, 4) is 0 Å². The Bertz CT molecular complexity index is 352. The van der Waals surface area contributed by atoms with Crippen LogP contribution in [0.2, 0.25) is 0 Å². The highest BCUT2D eigenvalue weighted by Gasteiger charge is 2.30. The van der Waals surface area contributed by atoms with Crippen LogP contribution in [0.3, 0.4) is 0 Å². The van der Waals surface area contributed by atoms with Crippen molar-refractivity contribution in [1.29, 1.82) is 0 Å². The van der Waals surface area contributed by atoms with E-state index in [0.717, 1.165) is 18.6 Å². The molecule has 2 heterocycles. The van der Waals surface area contributed by atoms with E-state index in [1.54, 1.807) is 0 Å². The van der Waals surface area contributed by atoms with Gasteiger partial charge in [0.2, 0.25) is 0 Å². The van der Waals surface area contributed by atoms with E-state index >= 15 is 0 Å². The zero-order valence-electron chi connectivity index (χ0n) is 11.8. The second kappa shape index (κ2) is 6.53. The van der Waals surface area contributed by atoms with E-state index in [2.05, 4.69) is 26.0 Å². The van der Waals surface area contributed by atoms with Gasteiger partial charge in [0, 0.05) is 44.1 Å².